The number of aldehydes is 1. The summed E-state index contributed by atoms with van der Waals surface area (Å²) in [6.45, 7) is 5.14. The van der Waals surface area contributed by atoms with E-state index in [2.05, 4.69) is 29.5 Å². The molecule has 37 heavy (non-hydrogen) atoms. The summed E-state index contributed by atoms with van der Waals surface area (Å²) in [5.74, 6) is -0.553. The SMILES string of the molecule is CC(C)c1c(C=O)c2ccc(OC3CCCC3)cc2n1Cc1ccccn1.NCc1ccc(F)c(F)c1.[HH]. The van der Waals surface area contributed by atoms with Crippen LogP contribution in [-0.2, 0) is 13.1 Å². The molecule has 0 spiro atoms. The van der Waals surface area contributed by atoms with E-state index in [1.165, 1.54) is 18.9 Å². The van der Waals surface area contributed by atoms with Gasteiger partial charge in [-0.15, -0.1) is 0 Å². The second kappa shape index (κ2) is 12.1. The second-order valence-electron chi connectivity index (χ2n) is 9.63. The molecule has 2 heterocycles. The monoisotopic (exact) mass is 507 g/mol. The number of fused-ring (bicyclic) bond motifs is 1. The smallest absolute Gasteiger partial charge is 0.159 e. The van der Waals surface area contributed by atoms with Crippen molar-refractivity contribution in [2.24, 2.45) is 5.73 Å². The standard InChI is InChI=1S/C23H26N2O2.C7H7F2N.H2/c1-16(2)23-21(15-26)20-11-10-19(27-18-8-3-4-9-18)13-22(20)25(23)14-17-7-5-6-12-24-17;8-6-2-1-5(4-10)3-7(6)9;/h5-7,10-13,15-16,18H,3-4,8-9,14H2,1-2H3;1-3H,4,10H2;1H. The highest BCUT2D eigenvalue weighted by molar-refractivity contribution is 6.00. The third kappa shape index (κ3) is 6.23. The molecule has 0 atom stereocenters. The van der Waals surface area contributed by atoms with Crippen LogP contribution in [-0.4, -0.2) is 21.9 Å². The lowest BCUT2D eigenvalue weighted by Crippen LogP contribution is -2.11. The highest BCUT2D eigenvalue weighted by Crippen LogP contribution is 2.34. The van der Waals surface area contributed by atoms with E-state index in [9.17, 15) is 13.6 Å². The minimum absolute atomic E-state index is 0. The van der Waals surface area contributed by atoms with Crippen LogP contribution in [0.5, 0.6) is 5.75 Å². The van der Waals surface area contributed by atoms with E-state index in [1.807, 2.05) is 36.5 Å². The summed E-state index contributed by atoms with van der Waals surface area (Å²) >= 11 is 0. The molecule has 0 radical (unpaired) electrons. The lowest BCUT2D eigenvalue weighted by atomic mass is 10.0. The van der Waals surface area contributed by atoms with E-state index in [0.29, 0.717) is 18.2 Å². The normalized spacial score (nSPS) is 13.6. The van der Waals surface area contributed by atoms with Crippen LogP contribution in [0.25, 0.3) is 10.9 Å². The molecule has 2 aromatic heterocycles. The summed E-state index contributed by atoms with van der Waals surface area (Å²) in [5, 5.41) is 0.989. The quantitative estimate of drug-likeness (QED) is 0.273. The molecule has 0 aliphatic heterocycles. The van der Waals surface area contributed by atoms with E-state index in [-0.39, 0.29) is 13.9 Å². The molecule has 7 heteroatoms. The van der Waals surface area contributed by atoms with Crippen molar-refractivity contribution < 1.29 is 19.7 Å². The van der Waals surface area contributed by atoms with Crippen LogP contribution in [0.15, 0.2) is 60.8 Å². The summed E-state index contributed by atoms with van der Waals surface area (Å²) in [6.07, 6.45) is 7.87. The molecular weight excluding hydrogens is 472 g/mol. The van der Waals surface area contributed by atoms with Gasteiger partial charge >= 0.3 is 0 Å². The van der Waals surface area contributed by atoms with Gasteiger partial charge in [-0.2, -0.15) is 0 Å². The lowest BCUT2D eigenvalue weighted by molar-refractivity contribution is 0.112. The first-order chi connectivity index (χ1) is 17.9. The highest BCUT2D eigenvalue weighted by atomic mass is 19.2. The van der Waals surface area contributed by atoms with Crippen LogP contribution < -0.4 is 10.5 Å². The third-order valence-corrected chi connectivity index (χ3v) is 6.65. The second-order valence-corrected chi connectivity index (χ2v) is 9.63. The molecule has 4 aromatic rings. The Hall–Kier alpha value is -3.58. The largest absolute Gasteiger partial charge is 0.490 e. The van der Waals surface area contributed by atoms with Gasteiger partial charge in [0.2, 0.25) is 0 Å². The number of ether oxygens (including phenoxy) is 1. The maximum atomic E-state index is 12.3. The number of nitrogens with zero attached hydrogens (tertiary/aromatic N) is 2. The molecule has 0 amide bonds. The van der Waals surface area contributed by atoms with Crippen molar-refractivity contribution in [3.05, 3.63) is 94.9 Å². The molecule has 2 aromatic carbocycles. The Bertz CT molecular complexity index is 1350. The van der Waals surface area contributed by atoms with Crippen molar-refractivity contribution in [1.29, 1.82) is 0 Å². The average Bonchev–Trinajstić information content (AvgIpc) is 3.52. The van der Waals surface area contributed by atoms with Gasteiger partial charge in [0, 0.05) is 36.9 Å². The van der Waals surface area contributed by atoms with E-state index in [1.54, 1.807) is 0 Å². The predicted molar refractivity (Wildman–Crippen MR) is 144 cm³/mol. The number of benzene rings is 2. The number of hydrogen-bond donors (Lipinski definition) is 1. The van der Waals surface area contributed by atoms with Gasteiger partial charge in [0.05, 0.1) is 23.9 Å². The Morgan fingerprint density at radius 3 is 2.51 bits per heavy atom. The van der Waals surface area contributed by atoms with Gasteiger partial charge in [-0.25, -0.2) is 8.78 Å². The minimum Gasteiger partial charge on any atom is -0.490 e. The average molecular weight is 508 g/mol. The Kier molecular flexibility index (Phi) is 8.66. The Morgan fingerprint density at radius 1 is 1.11 bits per heavy atom. The van der Waals surface area contributed by atoms with Crippen LogP contribution in [0.2, 0.25) is 0 Å². The number of carbonyl (C=O) groups is 1. The van der Waals surface area contributed by atoms with Crippen LogP contribution in [0.1, 0.15) is 74.2 Å². The van der Waals surface area contributed by atoms with E-state index < -0.39 is 11.6 Å². The molecule has 1 aliphatic rings. The molecular formula is C30H35F2N3O2. The third-order valence-electron chi connectivity index (χ3n) is 6.65. The van der Waals surface area contributed by atoms with Gasteiger partial charge in [-0.05, 0) is 73.6 Å². The van der Waals surface area contributed by atoms with Crippen LogP contribution in [0.4, 0.5) is 8.78 Å². The summed E-state index contributed by atoms with van der Waals surface area (Å²) in [4.78, 5) is 16.4. The summed E-state index contributed by atoms with van der Waals surface area (Å²) in [6, 6.07) is 15.7. The molecule has 1 saturated carbocycles. The molecule has 0 bridgehead atoms. The van der Waals surface area contributed by atoms with Crippen LogP contribution in [0, 0.1) is 11.6 Å². The van der Waals surface area contributed by atoms with Crippen molar-refractivity contribution in [2.45, 2.75) is 64.6 Å². The number of carbonyl (C=O) groups excluding carboxylic acids is 1. The molecule has 1 fully saturated rings. The number of aromatic nitrogens is 2. The minimum atomic E-state index is -0.844. The number of rotatable bonds is 7. The van der Waals surface area contributed by atoms with Gasteiger partial charge in [-0.3, -0.25) is 9.78 Å². The Balaban J connectivity index is 0.000000308. The zero-order valence-electron chi connectivity index (χ0n) is 21.3. The summed E-state index contributed by atoms with van der Waals surface area (Å²) < 4.78 is 33.0. The molecule has 0 unspecified atom stereocenters. The molecule has 1 aliphatic carbocycles. The van der Waals surface area contributed by atoms with Gasteiger partial charge < -0.3 is 15.0 Å². The highest BCUT2D eigenvalue weighted by Gasteiger charge is 2.21. The molecule has 196 valence electrons. The van der Waals surface area contributed by atoms with Crippen molar-refractivity contribution in [3.8, 4) is 5.75 Å². The molecule has 0 saturated heterocycles. The molecule has 5 rings (SSSR count). The number of hydrogen-bond acceptors (Lipinski definition) is 4. The van der Waals surface area contributed by atoms with E-state index in [4.69, 9.17) is 10.5 Å². The first-order valence-electron chi connectivity index (χ1n) is 12.7. The van der Waals surface area contributed by atoms with Crippen LogP contribution >= 0.6 is 0 Å². The van der Waals surface area contributed by atoms with Crippen LogP contribution in [0.3, 0.4) is 0 Å². The Morgan fingerprint density at radius 2 is 1.89 bits per heavy atom. The number of pyridine rings is 1. The fraction of sp³-hybridized carbons (Fsp3) is 0.333. The van der Waals surface area contributed by atoms with Crippen molar-refractivity contribution in [1.82, 2.24) is 9.55 Å². The fourth-order valence-corrected chi connectivity index (χ4v) is 4.88. The first-order valence-corrected chi connectivity index (χ1v) is 12.7. The lowest BCUT2D eigenvalue weighted by Gasteiger charge is -2.15. The maximum Gasteiger partial charge on any atom is 0.159 e. The van der Waals surface area contributed by atoms with Gasteiger partial charge in [0.15, 0.2) is 17.9 Å². The number of nitrogens with two attached hydrogens (primary N) is 1. The predicted octanol–water partition coefficient (Wildman–Crippen LogP) is 7.01. The Labute approximate surface area is 217 Å². The first kappa shape index (κ1) is 26.5. The van der Waals surface area contributed by atoms with Crippen molar-refractivity contribution in [3.63, 3.8) is 0 Å². The molecule has 5 nitrogen and oxygen atoms in total. The van der Waals surface area contributed by atoms with E-state index >= 15 is 0 Å². The van der Waals surface area contributed by atoms with E-state index in [0.717, 1.165) is 64.9 Å². The van der Waals surface area contributed by atoms with Crippen molar-refractivity contribution in [2.75, 3.05) is 0 Å². The zero-order chi connectivity index (χ0) is 26.4. The van der Waals surface area contributed by atoms with Gasteiger partial charge in [0.1, 0.15) is 5.75 Å². The van der Waals surface area contributed by atoms with Gasteiger partial charge in [0.25, 0.3) is 0 Å². The van der Waals surface area contributed by atoms with Crippen molar-refractivity contribution >= 4 is 17.2 Å². The molecule has 2 N–H and O–H groups in total. The topological polar surface area (TPSA) is 70.1 Å². The summed E-state index contributed by atoms with van der Waals surface area (Å²) in [7, 11) is 0. The number of halogens is 2. The maximum absolute atomic E-state index is 12.3. The zero-order valence-corrected chi connectivity index (χ0v) is 21.3. The fourth-order valence-electron chi connectivity index (χ4n) is 4.88. The van der Waals surface area contributed by atoms with Gasteiger partial charge in [-0.1, -0.05) is 26.0 Å². The summed E-state index contributed by atoms with van der Waals surface area (Å²) in [5.41, 5.74) is 9.64.